The van der Waals surface area contributed by atoms with Gasteiger partial charge in [-0.1, -0.05) is 0 Å². The Balaban J connectivity index is 2.67. The van der Waals surface area contributed by atoms with Crippen molar-refractivity contribution in [1.29, 1.82) is 0 Å². The fourth-order valence-electron chi connectivity index (χ4n) is 0.492. The Bertz CT molecular complexity index is 181. The van der Waals surface area contributed by atoms with Gasteiger partial charge in [0.25, 0.3) is 0 Å². The smallest absolute Gasteiger partial charge is 0.0528 e. The molecule has 0 amide bonds. The van der Waals surface area contributed by atoms with Gasteiger partial charge in [0.05, 0.1) is 6.20 Å². The van der Waals surface area contributed by atoms with Crippen molar-refractivity contribution in [2.75, 3.05) is 0 Å². The first-order valence-electron chi connectivity index (χ1n) is 2.34. The van der Waals surface area contributed by atoms with Crippen molar-refractivity contribution in [3.8, 4) is 12.3 Å². The highest BCUT2D eigenvalue weighted by molar-refractivity contribution is 5.10. The van der Waals surface area contributed by atoms with E-state index in [9.17, 15) is 0 Å². The van der Waals surface area contributed by atoms with E-state index in [1.54, 1.807) is 12.4 Å². The molecule has 8 heavy (non-hydrogen) atoms. The average Bonchev–Trinajstić information content (AvgIpc) is 2.19. The van der Waals surface area contributed by atoms with Crippen molar-refractivity contribution in [1.82, 2.24) is 10.2 Å². The van der Waals surface area contributed by atoms with Gasteiger partial charge in [-0.15, -0.1) is 12.3 Å². The van der Waals surface area contributed by atoms with Crippen LogP contribution < -0.4 is 0 Å². The number of H-pyrrole nitrogens is 1. The van der Waals surface area contributed by atoms with Crippen LogP contribution in [-0.4, -0.2) is 10.2 Å². The maximum Gasteiger partial charge on any atom is 0.0528 e. The molecule has 0 aromatic carbocycles. The normalized spacial score (nSPS) is 8.38. The summed E-state index contributed by atoms with van der Waals surface area (Å²) in [4.78, 5) is 0. The van der Waals surface area contributed by atoms with E-state index in [0.717, 1.165) is 5.56 Å². The van der Waals surface area contributed by atoms with Gasteiger partial charge >= 0.3 is 0 Å². The molecule has 0 saturated carbocycles. The number of hydrogen-bond donors (Lipinski definition) is 1. The lowest BCUT2D eigenvalue weighted by molar-refractivity contribution is 1.09. The van der Waals surface area contributed by atoms with Crippen molar-refractivity contribution in [3.63, 3.8) is 0 Å². The van der Waals surface area contributed by atoms with Crippen LogP contribution >= 0.6 is 0 Å². The Morgan fingerprint density at radius 2 is 2.75 bits per heavy atom. The largest absolute Gasteiger partial charge is 0.285 e. The van der Waals surface area contributed by atoms with E-state index in [2.05, 4.69) is 16.1 Å². The number of terminal acetylenes is 1. The van der Waals surface area contributed by atoms with Gasteiger partial charge in [0.15, 0.2) is 0 Å². The number of nitrogens with one attached hydrogen (secondary N) is 1. The third-order valence-electron chi connectivity index (χ3n) is 0.861. The first kappa shape index (κ1) is 4.92. The van der Waals surface area contributed by atoms with Crippen molar-refractivity contribution < 1.29 is 0 Å². The van der Waals surface area contributed by atoms with E-state index in [1.165, 1.54) is 0 Å². The number of aromatic nitrogens is 2. The lowest BCUT2D eigenvalue weighted by atomic mass is 10.3. The lowest BCUT2D eigenvalue weighted by Gasteiger charge is -1.77. The van der Waals surface area contributed by atoms with Gasteiger partial charge in [0.1, 0.15) is 0 Å². The van der Waals surface area contributed by atoms with Gasteiger partial charge in [0, 0.05) is 18.2 Å². The second-order valence-electron chi connectivity index (χ2n) is 1.49. The van der Waals surface area contributed by atoms with Crippen molar-refractivity contribution in [2.24, 2.45) is 0 Å². The van der Waals surface area contributed by atoms with Crippen molar-refractivity contribution in [2.45, 2.75) is 6.42 Å². The number of hydrogen-bond acceptors (Lipinski definition) is 1. The van der Waals surface area contributed by atoms with E-state index in [0.29, 0.717) is 6.42 Å². The Hall–Kier alpha value is -1.23. The predicted octanol–water partition coefficient (Wildman–Crippen LogP) is 0.585. The van der Waals surface area contributed by atoms with Crippen LogP contribution in [0.3, 0.4) is 0 Å². The molecule has 0 bridgehead atoms. The minimum atomic E-state index is 0.663. The molecule has 0 radical (unpaired) electrons. The molecule has 0 aliphatic carbocycles. The summed E-state index contributed by atoms with van der Waals surface area (Å²) in [5, 5.41) is 6.39. The van der Waals surface area contributed by atoms with E-state index in [1.807, 2.05) is 0 Å². The minimum Gasteiger partial charge on any atom is -0.285 e. The third-order valence-corrected chi connectivity index (χ3v) is 0.861. The molecule has 2 heteroatoms. The maximum atomic E-state index is 5.03. The molecule has 0 aliphatic heterocycles. The highest BCUT2D eigenvalue weighted by atomic mass is 15.1. The van der Waals surface area contributed by atoms with Gasteiger partial charge in [-0.3, -0.25) is 5.10 Å². The molecule has 1 aromatic heterocycles. The molecule has 0 spiro atoms. The quantitative estimate of drug-likeness (QED) is 0.521. The van der Waals surface area contributed by atoms with Crippen LogP contribution in [0, 0.1) is 12.3 Å². The molecule has 40 valence electrons. The summed E-state index contributed by atoms with van der Waals surface area (Å²) < 4.78 is 0. The second-order valence-corrected chi connectivity index (χ2v) is 1.49. The van der Waals surface area contributed by atoms with E-state index in [-0.39, 0.29) is 0 Å². The molecule has 1 rings (SSSR count). The first-order valence-corrected chi connectivity index (χ1v) is 2.34. The fraction of sp³-hybridized carbons (Fsp3) is 0.167. The predicted molar refractivity (Wildman–Crippen MR) is 31.1 cm³/mol. The molecule has 0 atom stereocenters. The van der Waals surface area contributed by atoms with Crippen LogP contribution in [0.5, 0.6) is 0 Å². The van der Waals surface area contributed by atoms with Gasteiger partial charge in [-0.05, 0) is 0 Å². The van der Waals surface area contributed by atoms with Gasteiger partial charge in [0.2, 0.25) is 0 Å². The zero-order valence-electron chi connectivity index (χ0n) is 4.39. The Kier molecular flexibility index (Phi) is 1.34. The molecule has 2 nitrogen and oxygen atoms in total. The molecule has 0 unspecified atom stereocenters. The Morgan fingerprint density at radius 1 is 1.88 bits per heavy atom. The van der Waals surface area contributed by atoms with Gasteiger partial charge in [-0.2, -0.15) is 5.10 Å². The Morgan fingerprint density at radius 3 is 3.25 bits per heavy atom. The molecule has 1 N–H and O–H groups in total. The summed E-state index contributed by atoms with van der Waals surface area (Å²) in [5.74, 6) is 2.51. The van der Waals surface area contributed by atoms with Gasteiger partial charge < -0.3 is 0 Å². The SMILES string of the molecule is C#CCc1cn[nH]c1. The zero-order chi connectivity index (χ0) is 5.82. The topological polar surface area (TPSA) is 28.7 Å². The highest BCUT2D eigenvalue weighted by Gasteiger charge is 1.85. The van der Waals surface area contributed by atoms with Crippen LogP contribution in [-0.2, 0) is 6.42 Å². The van der Waals surface area contributed by atoms with E-state index < -0.39 is 0 Å². The van der Waals surface area contributed by atoms with Crippen LogP contribution in [0.4, 0.5) is 0 Å². The summed E-state index contributed by atoms with van der Waals surface area (Å²) in [6.07, 6.45) is 9.20. The molecule has 1 aromatic rings. The minimum absolute atomic E-state index is 0.663. The van der Waals surface area contributed by atoms with Crippen LogP contribution in [0.2, 0.25) is 0 Å². The summed E-state index contributed by atoms with van der Waals surface area (Å²) in [5.41, 5.74) is 1.06. The Labute approximate surface area is 47.9 Å². The van der Waals surface area contributed by atoms with Crippen LogP contribution in [0.25, 0.3) is 0 Å². The van der Waals surface area contributed by atoms with E-state index in [4.69, 9.17) is 6.42 Å². The third kappa shape index (κ3) is 0.881. The summed E-state index contributed by atoms with van der Waals surface area (Å²) in [7, 11) is 0. The van der Waals surface area contributed by atoms with Crippen LogP contribution in [0.1, 0.15) is 5.56 Å². The molecule has 0 fully saturated rings. The van der Waals surface area contributed by atoms with Crippen molar-refractivity contribution >= 4 is 0 Å². The molecular weight excluding hydrogens is 100 g/mol. The lowest BCUT2D eigenvalue weighted by Crippen LogP contribution is -1.71. The zero-order valence-corrected chi connectivity index (χ0v) is 4.39. The van der Waals surface area contributed by atoms with Gasteiger partial charge in [-0.25, -0.2) is 0 Å². The monoisotopic (exact) mass is 106 g/mol. The summed E-state index contributed by atoms with van der Waals surface area (Å²) >= 11 is 0. The summed E-state index contributed by atoms with van der Waals surface area (Å²) in [6, 6.07) is 0. The standard InChI is InChI=1S/C6H6N2/c1-2-3-6-4-7-8-5-6/h1,4-5H,3H2,(H,7,8). The number of aromatic amines is 1. The molecular formula is C6H6N2. The molecule has 1 heterocycles. The fourth-order valence-corrected chi connectivity index (χ4v) is 0.492. The number of nitrogens with zero attached hydrogens (tertiary/aromatic N) is 1. The first-order chi connectivity index (χ1) is 3.93. The molecule has 0 aliphatic rings. The van der Waals surface area contributed by atoms with Crippen LogP contribution in [0.15, 0.2) is 12.4 Å². The van der Waals surface area contributed by atoms with E-state index >= 15 is 0 Å². The number of rotatable bonds is 1. The molecule has 0 saturated heterocycles. The highest BCUT2D eigenvalue weighted by Crippen LogP contribution is 1.91. The summed E-state index contributed by atoms with van der Waals surface area (Å²) in [6.45, 7) is 0. The second kappa shape index (κ2) is 2.17. The average molecular weight is 106 g/mol. The maximum absolute atomic E-state index is 5.03. The van der Waals surface area contributed by atoms with Crippen molar-refractivity contribution in [3.05, 3.63) is 18.0 Å².